The number of nitrogens with zero attached hydrogens (tertiary/aromatic N) is 2. The topological polar surface area (TPSA) is 29.9 Å². The lowest BCUT2D eigenvalue weighted by atomic mass is 10.1. The van der Waals surface area contributed by atoms with Gasteiger partial charge in [-0.25, -0.2) is 4.39 Å². The SMILES string of the molecule is Cc1cccc(Cl)c1Nc1c(-c2ccc(F)cc2Br)c(C)nn1C. The molecule has 0 radical (unpaired) electrons. The Morgan fingerprint density at radius 1 is 1.21 bits per heavy atom. The summed E-state index contributed by atoms with van der Waals surface area (Å²) >= 11 is 9.78. The number of hydrogen-bond acceptors (Lipinski definition) is 2. The van der Waals surface area contributed by atoms with Crippen molar-refractivity contribution in [2.75, 3.05) is 5.32 Å². The predicted molar refractivity (Wildman–Crippen MR) is 101 cm³/mol. The lowest BCUT2D eigenvalue weighted by Crippen LogP contribution is -2.02. The highest BCUT2D eigenvalue weighted by atomic mass is 79.9. The molecule has 24 heavy (non-hydrogen) atoms. The molecule has 3 nitrogen and oxygen atoms in total. The molecule has 6 heteroatoms. The second-order valence-corrected chi connectivity index (χ2v) is 6.88. The average molecular weight is 409 g/mol. The first-order valence-corrected chi connectivity index (χ1v) is 8.56. The van der Waals surface area contributed by atoms with Crippen LogP contribution in [0.3, 0.4) is 0 Å². The van der Waals surface area contributed by atoms with Gasteiger partial charge >= 0.3 is 0 Å². The Morgan fingerprint density at radius 2 is 1.96 bits per heavy atom. The van der Waals surface area contributed by atoms with Gasteiger partial charge in [-0.15, -0.1) is 0 Å². The molecule has 0 saturated carbocycles. The summed E-state index contributed by atoms with van der Waals surface area (Å²) in [4.78, 5) is 0. The van der Waals surface area contributed by atoms with Crippen LogP contribution >= 0.6 is 27.5 Å². The van der Waals surface area contributed by atoms with E-state index in [2.05, 4.69) is 26.3 Å². The summed E-state index contributed by atoms with van der Waals surface area (Å²) in [5.41, 5.74) is 4.49. The van der Waals surface area contributed by atoms with Crippen molar-refractivity contribution in [3.63, 3.8) is 0 Å². The lowest BCUT2D eigenvalue weighted by Gasteiger charge is -2.14. The molecule has 0 spiro atoms. The van der Waals surface area contributed by atoms with E-state index in [-0.39, 0.29) is 5.82 Å². The highest BCUT2D eigenvalue weighted by Gasteiger charge is 2.19. The molecule has 0 amide bonds. The Kier molecular flexibility index (Phi) is 4.65. The van der Waals surface area contributed by atoms with E-state index in [9.17, 15) is 4.39 Å². The van der Waals surface area contributed by atoms with Crippen LogP contribution in [0.1, 0.15) is 11.3 Å². The number of benzene rings is 2. The number of para-hydroxylation sites is 1. The van der Waals surface area contributed by atoms with Crippen molar-refractivity contribution in [3.05, 3.63) is 63.0 Å². The molecule has 1 aromatic heterocycles. The van der Waals surface area contributed by atoms with Crippen molar-refractivity contribution in [1.29, 1.82) is 0 Å². The minimum absolute atomic E-state index is 0.288. The van der Waals surface area contributed by atoms with Gasteiger partial charge < -0.3 is 5.32 Å². The maximum atomic E-state index is 13.4. The van der Waals surface area contributed by atoms with Crippen LogP contribution in [-0.4, -0.2) is 9.78 Å². The number of rotatable bonds is 3. The van der Waals surface area contributed by atoms with Gasteiger partial charge in [0.2, 0.25) is 0 Å². The maximum Gasteiger partial charge on any atom is 0.136 e. The van der Waals surface area contributed by atoms with Gasteiger partial charge in [0, 0.05) is 22.6 Å². The molecule has 0 aliphatic heterocycles. The zero-order chi connectivity index (χ0) is 17.4. The summed E-state index contributed by atoms with van der Waals surface area (Å²) in [6, 6.07) is 10.4. The number of nitrogens with one attached hydrogen (secondary N) is 1. The molecule has 0 atom stereocenters. The first kappa shape index (κ1) is 17.0. The van der Waals surface area contributed by atoms with Crippen LogP contribution in [0.4, 0.5) is 15.9 Å². The first-order chi connectivity index (χ1) is 11.4. The molecule has 0 fully saturated rings. The molecule has 0 saturated heterocycles. The van der Waals surface area contributed by atoms with Crippen LogP contribution in [0, 0.1) is 19.7 Å². The van der Waals surface area contributed by atoms with E-state index in [4.69, 9.17) is 11.6 Å². The predicted octanol–water partition coefficient (Wildman–Crippen LogP) is 6.00. The quantitative estimate of drug-likeness (QED) is 0.576. The Hall–Kier alpha value is -1.85. The van der Waals surface area contributed by atoms with Gasteiger partial charge in [-0.3, -0.25) is 4.68 Å². The van der Waals surface area contributed by atoms with E-state index in [1.54, 1.807) is 10.7 Å². The normalized spacial score (nSPS) is 10.9. The second kappa shape index (κ2) is 6.57. The third-order valence-corrected chi connectivity index (χ3v) is 4.86. The van der Waals surface area contributed by atoms with Gasteiger partial charge in [0.15, 0.2) is 0 Å². The smallest absolute Gasteiger partial charge is 0.136 e. The van der Waals surface area contributed by atoms with Crippen LogP contribution < -0.4 is 5.32 Å². The third kappa shape index (κ3) is 3.06. The van der Waals surface area contributed by atoms with E-state index in [0.717, 1.165) is 33.9 Å². The molecule has 1 heterocycles. The molecule has 0 bridgehead atoms. The van der Waals surface area contributed by atoms with E-state index in [1.165, 1.54) is 12.1 Å². The fourth-order valence-corrected chi connectivity index (χ4v) is 3.54. The fraction of sp³-hybridized carbons (Fsp3) is 0.167. The van der Waals surface area contributed by atoms with Crippen molar-refractivity contribution < 1.29 is 4.39 Å². The molecular weight excluding hydrogens is 393 g/mol. The van der Waals surface area contributed by atoms with Crippen molar-refractivity contribution >= 4 is 39.0 Å². The minimum Gasteiger partial charge on any atom is -0.338 e. The van der Waals surface area contributed by atoms with Gasteiger partial charge in [0.25, 0.3) is 0 Å². The van der Waals surface area contributed by atoms with Gasteiger partial charge in [-0.05, 0) is 37.6 Å². The van der Waals surface area contributed by atoms with Crippen molar-refractivity contribution in [2.45, 2.75) is 13.8 Å². The summed E-state index contributed by atoms with van der Waals surface area (Å²) in [7, 11) is 1.86. The molecule has 1 N–H and O–H groups in total. The average Bonchev–Trinajstić information content (AvgIpc) is 2.77. The van der Waals surface area contributed by atoms with Crippen LogP contribution in [-0.2, 0) is 7.05 Å². The molecule has 124 valence electrons. The van der Waals surface area contributed by atoms with Crippen LogP contribution in [0.15, 0.2) is 40.9 Å². The van der Waals surface area contributed by atoms with E-state index in [0.29, 0.717) is 9.50 Å². The third-order valence-electron chi connectivity index (χ3n) is 3.89. The Bertz CT molecular complexity index is 901. The van der Waals surface area contributed by atoms with Crippen molar-refractivity contribution in [3.8, 4) is 11.1 Å². The molecular formula is C18H16BrClFN3. The van der Waals surface area contributed by atoms with E-state index < -0.39 is 0 Å². The number of aromatic nitrogens is 2. The number of halogens is 3. The largest absolute Gasteiger partial charge is 0.338 e. The number of aryl methyl sites for hydroxylation is 3. The molecule has 0 aliphatic carbocycles. The standard InChI is InChI=1S/C18H16BrClFN3/c1-10-5-4-6-15(20)17(10)22-18-16(11(2)23-24(18)3)13-8-7-12(21)9-14(13)19/h4-9,22H,1-3H3. The first-order valence-electron chi connectivity index (χ1n) is 7.39. The van der Waals surface area contributed by atoms with Crippen LogP contribution in [0.2, 0.25) is 5.02 Å². The van der Waals surface area contributed by atoms with Gasteiger partial charge in [0.05, 0.1) is 16.4 Å². The molecule has 0 aliphatic rings. The Morgan fingerprint density at radius 3 is 2.62 bits per heavy atom. The second-order valence-electron chi connectivity index (χ2n) is 5.61. The number of anilines is 2. The summed E-state index contributed by atoms with van der Waals surface area (Å²) in [5, 5.41) is 8.53. The maximum absolute atomic E-state index is 13.4. The summed E-state index contributed by atoms with van der Waals surface area (Å²) in [5.74, 6) is 0.514. The lowest BCUT2D eigenvalue weighted by molar-refractivity contribution is 0.627. The molecule has 3 rings (SSSR count). The van der Waals surface area contributed by atoms with Crippen LogP contribution in [0.25, 0.3) is 11.1 Å². The van der Waals surface area contributed by atoms with Crippen LogP contribution in [0.5, 0.6) is 0 Å². The van der Waals surface area contributed by atoms with Gasteiger partial charge in [-0.1, -0.05) is 45.7 Å². The number of hydrogen-bond donors (Lipinski definition) is 1. The minimum atomic E-state index is -0.288. The van der Waals surface area contributed by atoms with Gasteiger partial charge in [0.1, 0.15) is 11.6 Å². The zero-order valence-corrected chi connectivity index (χ0v) is 15.8. The van der Waals surface area contributed by atoms with E-state index >= 15 is 0 Å². The monoisotopic (exact) mass is 407 g/mol. The van der Waals surface area contributed by atoms with Gasteiger partial charge in [-0.2, -0.15) is 5.10 Å². The fourth-order valence-electron chi connectivity index (χ4n) is 2.72. The summed E-state index contributed by atoms with van der Waals surface area (Å²) in [6.45, 7) is 3.92. The zero-order valence-electron chi connectivity index (χ0n) is 13.5. The van der Waals surface area contributed by atoms with Crippen molar-refractivity contribution in [1.82, 2.24) is 9.78 Å². The van der Waals surface area contributed by atoms with Crippen molar-refractivity contribution in [2.24, 2.45) is 7.05 Å². The summed E-state index contributed by atoms with van der Waals surface area (Å²) in [6.07, 6.45) is 0. The molecule has 2 aromatic carbocycles. The van der Waals surface area contributed by atoms with E-state index in [1.807, 2.05) is 39.1 Å². The molecule has 3 aromatic rings. The Balaban J connectivity index is 2.16. The highest BCUT2D eigenvalue weighted by Crippen LogP contribution is 2.39. The Labute approximate surface area is 153 Å². The summed E-state index contributed by atoms with van der Waals surface area (Å²) < 4.78 is 15.9. The molecule has 0 unspecified atom stereocenters. The highest BCUT2D eigenvalue weighted by molar-refractivity contribution is 9.10.